The molecule has 17 heavy (non-hydrogen) atoms. The van der Waals surface area contributed by atoms with Crippen LogP contribution in [0.5, 0.6) is 0 Å². The molecule has 0 aliphatic rings. The molecule has 0 atom stereocenters. The summed E-state index contributed by atoms with van der Waals surface area (Å²) in [4.78, 5) is 11.6. The lowest BCUT2D eigenvalue weighted by Gasteiger charge is -2.10. The molecular weight excluding hydrogens is 212 g/mol. The first kappa shape index (κ1) is 14.0. The molecule has 1 aromatic heterocycles. The van der Waals surface area contributed by atoms with Gasteiger partial charge in [0.2, 0.25) is 0 Å². The van der Waals surface area contributed by atoms with Gasteiger partial charge in [-0.25, -0.2) is 0 Å². The third-order valence-corrected chi connectivity index (χ3v) is 2.99. The Kier molecular flexibility index (Phi) is 6.63. The molecule has 3 heteroatoms. The van der Waals surface area contributed by atoms with Crippen molar-refractivity contribution >= 4 is 0 Å². The van der Waals surface area contributed by atoms with E-state index in [2.05, 4.69) is 12.2 Å². The van der Waals surface area contributed by atoms with Crippen LogP contribution >= 0.6 is 0 Å². The number of aryl methyl sites for hydroxylation is 1. The highest BCUT2D eigenvalue weighted by Gasteiger charge is 1.97. The highest BCUT2D eigenvalue weighted by atomic mass is 16.1. The van der Waals surface area contributed by atoms with E-state index in [4.69, 9.17) is 0 Å². The summed E-state index contributed by atoms with van der Waals surface area (Å²) in [5, 5.41) is 3.39. The number of unbranched alkanes of at least 4 members (excludes halogenated alkanes) is 3. The predicted molar refractivity (Wildman–Crippen MR) is 72.5 cm³/mol. The maximum atomic E-state index is 11.6. The van der Waals surface area contributed by atoms with Crippen molar-refractivity contribution in [1.29, 1.82) is 0 Å². The van der Waals surface area contributed by atoms with E-state index < -0.39 is 0 Å². The van der Waals surface area contributed by atoms with Gasteiger partial charge in [-0.15, -0.1) is 0 Å². The van der Waals surface area contributed by atoms with Crippen molar-refractivity contribution in [3.8, 4) is 0 Å². The molecule has 1 heterocycles. The second-order valence-electron chi connectivity index (χ2n) is 4.47. The molecule has 1 rings (SSSR count). The summed E-state index contributed by atoms with van der Waals surface area (Å²) in [6, 6.07) is 5.41. The summed E-state index contributed by atoms with van der Waals surface area (Å²) in [5.41, 5.74) is 1.13. The van der Waals surface area contributed by atoms with Gasteiger partial charge in [-0.1, -0.05) is 32.3 Å². The molecule has 1 aromatic rings. The van der Waals surface area contributed by atoms with Gasteiger partial charge >= 0.3 is 0 Å². The van der Waals surface area contributed by atoms with E-state index in [0.29, 0.717) is 0 Å². The molecule has 3 nitrogen and oxygen atoms in total. The van der Waals surface area contributed by atoms with Crippen LogP contribution in [0.25, 0.3) is 0 Å². The maximum Gasteiger partial charge on any atom is 0.250 e. The van der Waals surface area contributed by atoms with E-state index in [1.807, 2.05) is 23.6 Å². The average Bonchev–Trinajstić information content (AvgIpc) is 2.31. The molecule has 0 aromatic carbocycles. The van der Waals surface area contributed by atoms with E-state index in [1.54, 1.807) is 6.07 Å². The lowest BCUT2D eigenvalue weighted by Crippen LogP contribution is -2.28. The van der Waals surface area contributed by atoms with Crippen molar-refractivity contribution in [2.45, 2.75) is 46.1 Å². The Labute approximate surface area is 104 Å². The number of hydrogen-bond donors (Lipinski definition) is 1. The number of pyridine rings is 1. The second kappa shape index (κ2) is 8.07. The minimum Gasteiger partial charge on any atom is -0.315 e. The van der Waals surface area contributed by atoms with Crippen LogP contribution in [0.2, 0.25) is 0 Å². The van der Waals surface area contributed by atoms with Crippen molar-refractivity contribution < 1.29 is 0 Å². The Bertz CT molecular complexity index is 371. The smallest absolute Gasteiger partial charge is 0.250 e. The van der Waals surface area contributed by atoms with Crippen molar-refractivity contribution in [2.75, 3.05) is 13.1 Å². The molecule has 0 aliphatic carbocycles. The largest absolute Gasteiger partial charge is 0.315 e. The van der Waals surface area contributed by atoms with Crippen LogP contribution in [-0.2, 0) is 6.54 Å². The summed E-state index contributed by atoms with van der Waals surface area (Å²) < 4.78 is 1.82. The first-order valence-corrected chi connectivity index (χ1v) is 6.63. The Morgan fingerprint density at radius 1 is 1.18 bits per heavy atom. The zero-order valence-electron chi connectivity index (χ0n) is 11.0. The highest BCUT2D eigenvalue weighted by molar-refractivity contribution is 5.04. The quantitative estimate of drug-likeness (QED) is 0.703. The molecule has 0 bridgehead atoms. The summed E-state index contributed by atoms with van der Waals surface area (Å²) in [6.07, 6.45) is 5.13. The van der Waals surface area contributed by atoms with E-state index in [9.17, 15) is 4.79 Å². The summed E-state index contributed by atoms with van der Waals surface area (Å²) in [5.74, 6) is 0. The first-order chi connectivity index (χ1) is 8.25. The van der Waals surface area contributed by atoms with Crippen molar-refractivity contribution in [1.82, 2.24) is 9.88 Å². The van der Waals surface area contributed by atoms with Crippen molar-refractivity contribution in [3.05, 3.63) is 34.2 Å². The Morgan fingerprint density at radius 3 is 2.71 bits per heavy atom. The summed E-state index contributed by atoms with van der Waals surface area (Å²) in [7, 11) is 0. The lowest BCUT2D eigenvalue weighted by molar-refractivity contribution is 0.548. The Morgan fingerprint density at radius 2 is 2.00 bits per heavy atom. The van der Waals surface area contributed by atoms with Crippen molar-refractivity contribution in [2.24, 2.45) is 0 Å². The molecule has 0 amide bonds. The number of nitrogens with zero attached hydrogens (tertiary/aromatic N) is 1. The molecule has 96 valence electrons. The first-order valence-electron chi connectivity index (χ1n) is 6.63. The van der Waals surface area contributed by atoms with E-state index in [-0.39, 0.29) is 5.56 Å². The molecule has 0 fully saturated rings. The molecule has 0 saturated heterocycles. The monoisotopic (exact) mass is 236 g/mol. The van der Waals surface area contributed by atoms with Crippen LogP contribution in [0, 0.1) is 6.92 Å². The van der Waals surface area contributed by atoms with E-state index in [1.165, 1.54) is 25.7 Å². The van der Waals surface area contributed by atoms with Gasteiger partial charge in [0, 0.05) is 24.8 Å². The fourth-order valence-corrected chi connectivity index (χ4v) is 1.90. The minimum absolute atomic E-state index is 0.0952. The molecule has 0 unspecified atom stereocenters. The number of nitrogens with one attached hydrogen (secondary N) is 1. The Hall–Kier alpha value is -1.09. The van der Waals surface area contributed by atoms with Gasteiger partial charge < -0.3 is 9.88 Å². The molecule has 0 saturated carbocycles. The van der Waals surface area contributed by atoms with Crippen LogP contribution in [0.15, 0.2) is 23.0 Å². The normalized spacial score (nSPS) is 10.7. The fraction of sp³-hybridized carbons (Fsp3) is 0.643. The highest BCUT2D eigenvalue weighted by Crippen LogP contribution is 1.97. The van der Waals surface area contributed by atoms with Gasteiger partial charge in [-0.2, -0.15) is 0 Å². The average molecular weight is 236 g/mol. The fourth-order valence-electron chi connectivity index (χ4n) is 1.90. The van der Waals surface area contributed by atoms with E-state index in [0.717, 1.165) is 25.3 Å². The second-order valence-corrected chi connectivity index (χ2v) is 4.47. The van der Waals surface area contributed by atoms with Gasteiger partial charge in [0.05, 0.1) is 0 Å². The summed E-state index contributed by atoms with van der Waals surface area (Å²) in [6.45, 7) is 6.89. The van der Waals surface area contributed by atoms with Gasteiger partial charge in [-0.05, 0) is 26.0 Å². The van der Waals surface area contributed by atoms with E-state index >= 15 is 0 Å². The molecule has 1 N–H and O–H groups in total. The third kappa shape index (κ3) is 5.18. The third-order valence-electron chi connectivity index (χ3n) is 2.99. The standard InChI is InChI=1S/C14H24N2O/c1-3-4-5-6-10-15-11-12-16-13(2)8-7-9-14(16)17/h7-9,15H,3-6,10-12H2,1-2H3. The van der Waals surface area contributed by atoms with Gasteiger partial charge in [0.15, 0.2) is 0 Å². The molecule has 0 aliphatic heterocycles. The van der Waals surface area contributed by atoms with Gasteiger partial charge in [0.1, 0.15) is 0 Å². The number of aromatic nitrogens is 1. The zero-order valence-corrected chi connectivity index (χ0v) is 11.0. The van der Waals surface area contributed by atoms with Crippen LogP contribution < -0.4 is 10.9 Å². The predicted octanol–water partition coefficient (Wildman–Crippen LogP) is 2.33. The van der Waals surface area contributed by atoms with Crippen LogP contribution in [0.3, 0.4) is 0 Å². The summed E-state index contributed by atoms with van der Waals surface area (Å²) >= 11 is 0. The van der Waals surface area contributed by atoms with Gasteiger partial charge in [0.25, 0.3) is 5.56 Å². The Balaban J connectivity index is 2.20. The van der Waals surface area contributed by atoms with Crippen LogP contribution in [0.4, 0.5) is 0 Å². The van der Waals surface area contributed by atoms with Crippen molar-refractivity contribution in [3.63, 3.8) is 0 Å². The SMILES string of the molecule is CCCCCCNCCn1c(C)cccc1=O. The zero-order chi connectivity index (χ0) is 12.5. The topological polar surface area (TPSA) is 34.0 Å². The maximum absolute atomic E-state index is 11.6. The molecule has 0 spiro atoms. The molecule has 0 radical (unpaired) electrons. The van der Waals surface area contributed by atoms with Gasteiger partial charge in [-0.3, -0.25) is 4.79 Å². The lowest BCUT2D eigenvalue weighted by atomic mass is 10.2. The minimum atomic E-state index is 0.0952. The van der Waals surface area contributed by atoms with Crippen LogP contribution in [-0.4, -0.2) is 17.7 Å². The van der Waals surface area contributed by atoms with Crippen LogP contribution in [0.1, 0.15) is 38.3 Å². The molecular formula is C14H24N2O. The number of hydrogen-bond acceptors (Lipinski definition) is 2. The number of rotatable bonds is 8.